The summed E-state index contributed by atoms with van der Waals surface area (Å²) in [5.74, 6) is 0. The first-order valence-electron chi connectivity index (χ1n) is 4.52. The molecule has 0 spiro atoms. The molecule has 15 heavy (non-hydrogen) atoms. The van der Waals surface area contributed by atoms with Crippen molar-refractivity contribution in [2.24, 2.45) is 0 Å². The number of benzene rings is 1. The number of hydrogen-bond acceptors (Lipinski definition) is 3. The second kappa shape index (κ2) is 5.46. The molecule has 6 heteroatoms. The molecule has 0 aliphatic heterocycles. The zero-order valence-corrected chi connectivity index (χ0v) is 9.92. The fourth-order valence-corrected chi connectivity index (χ4v) is 1.96. The van der Waals surface area contributed by atoms with Crippen LogP contribution in [0.2, 0.25) is 0 Å². The van der Waals surface area contributed by atoms with Gasteiger partial charge in [-0.2, -0.15) is 8.42 Å². The third-order valence-electron chi connectivity index (χ3n) is 1.84. The van der Waals surface area contributed by atoms with Crippen molar-refractivity contribution in [3.05, 3.63) is 35.9 Å². The summed E-state index contributed by atoms with van der Waals surface area (Å²) in [5.41, 5.74) is 1.02. The van der Waals surface area contributed by atoms with Crippen LogP contribution in [0, 0.1) is 0 Å². The molecular formula is C9H13ClN2O2S. The molecular weight excluding hydrogens is 236 g/mol. The molecule has 0 aliphatic carbocycles. The van der Waals surface area contributed by atoms with Gasteiger partial charge in [0, 0.05) is 23.8 Å². The van der Waals surface area contributed by atoms with Gasteiger partial charge in [-0.3, -0.25) is 0 Å². The first kappa shape index (κ1) is 12.4. The summed E-state index contributed by atoms with van der Waals surface area (Å²) in [4.78, 5) is 2.23. The first-order chi connectivity index (χ1) is 7.01. The number of hydrazine groups is 1. The van der Waals surface area contributed by atoms with E-state index >= 15 is 0 Å². The summed E-state index contributed by atoms with van der Waals surface area (Å²) in [6.45, 7) is 2.88. The molecule has 4 nitrogen and oxygen atoms in total. The molecule has 0 radical (unpaired) electrons. The predicted octanol–water partition coefficient (Wildman–Crippen LogP) is 1.50. The molecule has 1 aromatic carbocycles. The lowest BCUT2D eigenvalue weighted by Gasteiger charge is -2.19. The number of hydrogen-bond donors (Lipinski definition) is 1. The highest BCUT2D eigenvalue weighted by molar-refractivity contribution is 8.12. The van der Waals surface area contributed by atoms with Crippen LogP contribution in [-0.4, -0.2) is 20.0 Å². The molecule has 1 rings (SSSR count). The van der Waals surface area contributed by atoms with Crippen molar-refractivity contribution >= 4 is 19.9 Å². The van der Waals surface area contributed by atoms with Crippen LogP contribution in [0.1, 0.15) is 12.5 Å². The Hall–Kier alpha value is -0.620. The van der Waals surface area contributed by atoms with Gasteiger partial charge in [0.1, 0.15) is 0 Å². The molecule has 0 amide bonds. The van der Waals surface area contributed by atoms with Gasteiger partial charge < -0.3 is 0 Å². The van der Waals surface area contributed by atoms with Crippen LogP contribution in [0.3, 0.4) is 0 Å². The van der Waals surface area contributed by atoms with Crippen molar-refractivity contribution in [2.45, 2.75) is 13.5 Å². The molecule has 0 heterocycles. The normalized spacial score (nSPS) is 11.9. The molecule has 0 saturated carbocycles. The van der Waals surface area contributed by atoms with E-state index in [9.17, 15) is 8.42 Å². The van der Waals surface area contributed by atoms with E-state index < -0.39 is 9.24 Å². The van der Waals surface area contributed by atoms with Crippen molar-refractivity contribution in [1.82, 2.24) is 9.84 Å². The van der Waals surface area contributed by atoms with E-state index in [2.05, 4.69) is 4.83 Å². The van der Waals surface area contributed by atoms with Gasteiger partial charge in [-0.25, -0.2) is 5.01 Å². The quantitative estimate of drug-likeness (QED) is 0.635. The van der Waals surface area contributed by atoms with E-state index in [0.717, 1.165) is 5.56 Å². The second-order valence-corrected chi connectivity index (χ2v) is 5.31. The number of halogens is 1. The van der Waals surface area contributed by atoms with Crippen LogP contribution < -0.4 is 4.83 Å². The highest BCUT2D eigenvalue weighted by Gasteiger charge is 2.10. The minimum atomic E-state index is -3.71. The molecule has 0 unspecified atom stereocenters. The second-order valence-electron chi connectivity index (χ2n) is 3.03. The summed E-state index contributed by atoms with van der Waals surface area (Å²) < 4.78 is 21.6. The Morgan fingerprint density at radius 3 is 2.40 bits per heavy atom. The van der Waals surface area contributed by atoms with E-state index in [1.165, 1.54) is 5.01 Å². The van der Waals surface area contributed by atoms with Crippen LogP contribution in [0.25, 0.3) is 0 Å². The molecule has 0 atom stereocenters. The Balaban J connectivity index is 2.63. The number of nitrogens with one attached hydrogen (secondary N) is 1. The van der Waals surface area contributed by atoms with Crippen LogP contribution in [0.15, 0.2) is 30.3 Å². The van der Waals surface area contributed by atoms with Gasteiger partial charge in [-0.15, -0.1) is 4.83 Å². The Kier molecular flexibility index (Phi) is 4.53. The first-order valence-corrected chi connectivity index (χ1v) is 6.83. The lowest BCUT2D eigenvalue weighted by Crippen LogP contribution is -2.39. The molecule has 0 aromatic heterocycles. The minimum Gasteiger partial charge on any atom is -0.226 e. The molecule has 0 bridgehead atoms. The largest absolute Gasteiger partial charge is 0.310 e. The summed E-state index contributed by atoms with van der Waals surface area (Å²) in [6, 6.07) is 9.55. The van der Waals surface area contributed by atoms with Crippen LogP contribution in [-0.2, 0) is 15.8 Å². The maximum Gasteiger partial charge on any atom is 0.310 e. The average molecular weight is 249 g/mol. The van der Waals surface area contributed by atoms with E-state index in [4.69, 9.17) is 10.7 Å². The Morgan fingerprint density at radius 1 is 1.33 bits per heavy atom. The van der Waals surface area contributed by atoms with Crippen molar-refractivity contribution in [1.29, 1.82) is 0 Å². The van der Waals surface area contributed by atoms with E-state index in [-0.39, 0.29) is 0 Å². The number of rotatable bonds is 5. The Morgan fingerprint density at radius 2 is 1.93 bits per heavy atom. The van der Waals surface area contributed by atoms with Gasteiger partial charge in [-0.1, -0.05) is 37.3 Å². The minimum absolute atomic E-state index is 0.489. The monoisotopic (exact) mass is 248 g/mol. The van der Waals surface area contributed by atoms with E-state index in [1.807, 2.05) is 37.3 Å². The van der Waals surface area contributed by atoms with Crippen molar-refractivity contribution < 1.29 is 8.42 Å². The average Bonchev–Trinajstić information content (AvgIpc) is 2.16. The third kappa shape index (κ3) is 5.13. The summed E-state index contributed by atoms with van der Waals surface area (Å²) in [6.07, 6.45) is 0. The van der Waals surface area contributed by atoms with Gasteiger partial charge in [0.05, 0.1) is 0 Å². The van der Waals surface area contributed by atoms with Gasteiger partial charge in [0.2, 0.25) is 0 Å². The molecule has 0 aliphatic rings. The van der Waals surface area contributed by atoms with Gasteiger partial charge in [-0.05, 0) is 5.56 Å². The van der Waals surface area contributed by atoms with E-state index in [0.29, 0.717) is 13.1 Å². The van der Waals surface area contributed by atoms with Crippen molar-refractivity contribution in [3.8, 4) is 0 Å². The summed E-state index contributed by atoms with van der Waals surface area (Å²) in [7, 11) is 1.38. The topological polar surface area (TPSA) is 49.4 Å². The van der Waals surface area contributed by atoms with Crippen LogP contribution in [0.4, 0.5) is 0 Å². The molecule has 0 fully saturated rings. The number of nitrogens with zero attached hydrogens (tertiary/aromatic N) is 1. The summed E-state index contributed by atoms with van der Waals surface area (Å²) in [5, 5.41) is 1.53. The van der Waals surface area contributed by atoms with Crippen LogP contribution in [0.5, 0.6) is 0 Å². The standard InChI is InChI=1S/C9H13ClN2O2S/c1-2-12(11-15(10,13)14)8-9-6-4-3-5-7-9/h3-7,11H,2,8H2,1H3. The fourth-order valence-electron chi connectivity index (χ4n) is 1.17. The predicted molar refractivity (Wildman–Crippen MR) is 60.4 cm³/mol. The smallest absolute Gasteiger partial charge is 0.226 e. The zero-order valence-electron chi connectivity index (χ0n) is 8.35. The van der Waals surface area contributed by atoms with Gasteiger partial charge >= 0.3 is 9.24 Å². The highest BCUT2D eigenvalue weighted by atomic mass is 35.7. The molecule has 1 aromatic rings. The SMILES string of the molecule is CCN(Cc1ccccc1)NS(=O)(=O)Cl. The fraction of sp³-hybridized carbons (Fsp3) is 0.333. The summed E-state index contributed by atoms with van der Waals surface area (Å²) >= 11 is 0. The third-order valence-corrected chi connectivity index (χ3v) is 2.52. The lowest BCUT2D eigenvalue weighted by atomic mass is 10.2. The zero-order chi connectivity index (χ0) is 11.3. The van der Waals surface area contributed by atoms with Gasteiger partial charge in [0.25, 0.3) is 0 Å². The molecule has 0 saturated heterocycles. The lowest BCUT2D eigenvalue weighted by molar-refractivity contribution is 0.247. The Labute approximate surface area is 94.4 Å². The van der Waals surface area contributed by atoms with E-state index in [1.54, 1.807) is 0 Å². The van der Waals surface area contributed by atoms with Crippen LogP contribution >= 0.6 is 10.7 Å². The highest BCUT2D eigenvalue weighted by Crippen LogP contribution is 2.03. The molecule has 84 valence electrons. The molecule has 1 N–H and O–H groups in total. The maximum atomic E-state index is 10.8. The van der Waals surface area contributed by atoms with Crippen molar-refractivity contribution in [2.75, 3.05) is 6.54 Å². The maximum absolute atomic E-state index is 10.8. The van der Waals surface area contributed by atoms with Crippen molar-refractivity contribution in [3.63, 3.8) is 0 Å². The Bertz CT molecular complexity index is 394. The van der Waals surface area contributed by atoms with Gasteiger partial charge in [0.15, 0.2) is 0 Å².